The predicted octanol–water partition coefficient (Wildman–Crippen LogP) is 1.09. The number of rotatable bonds is 6. The van der Waals surface area contributed by atoms with E-state index < -0.39 is 59.9 Å². The number of cyclic esters (lactones) is 1. The number of hydrogen-bond donors (Lipinski definition) is 5. The van der Waals surface area contributed by atoms with Crippen LogP contribution in [0.15, 0.2) is 48.7 Å². The fourth-order valence-corrected chi connectivity index (χ4v) is 4.36. The fraction of sp³-hybridized carbons (Fsp3) is 0.464. The van der Waals surface area contributed by atoms with Crippen molar-refractivity contribution in [3.63, 3.8) is 0 Å². The number of aliphatic hydroxyl groups is 1. The average Bonchev–Trinajstić information content (AvgIpc) is 2.92. The van der Waals surface area contributed by atoms with E-state index >= 15 is 0 Å². The second kappa shape index (κ2) is 13.2. The van der Waals surface area contributed by atoms with E-state index in [1.807, 2.05) is 37.3 Å². The molecule has 1 aliphatic rings. The molecule has 0 radical (unpaired) electrons. The first-order chi connectivity index (χ1) is 18.5. The van der Waals surface area contributed by atoms with Crippen molar-refractivity contribution in [3.05, 3.63) is 59.9 Å². The van der Waals surface area contributed by atoms with Crippen molar-refractivity contribution in [2.24, 2.45) is 11.8 Å². The molecule has 0 aliphatic carbocycles. The number of amides is 3. The Morgan fingerprint density at radius 1 is 1.08 bits per heavy atom. The summed E-state index contributed by atoms with van der Waals surface area (Å²) in [6.07, 6.45) is -0.458. The highest BCUT2D eigenvalue weighted by Crippen LogP contribution is 2.19. The van der Waals surface area contributed by atoms with Crippen LogP contribution in [0.1, 0.15) is 50.2 Å². The van der Waals surface area contributed by atoms with Gasteiger partial charge in [-0.25, -0.2) is 9.78 Å². The zero-order valence-electron chi connectivity index (χ0n) is 22.5. The first-order valence-corrected chi connectivity index (χ1v) is 13.0. The lowest BCUT2D eigenvalue weighted by Gasteiger charge is -2.34. The number of benzene rings is 1. The normalized spacial score (nSPS) is 27.2. The molecule has 1 fully saturated rings. The van der Waals surface area contributed by atoms with Crippen LogP contribution in [-0.4, -0.2) is 69.2 Å². The molecule has 0 spiro atoms. The number of carbonyl (C=O) groups is 4. The maximum absolute atomic E-state index is 13.6. The van der Waals surface area contributed by atoms with Gasteiger partial charge in [0.1, 0.15) is 23.9 Å². The molecule has 1 aliphatic heterocycles. The minimum absolute atomic E-state index is 0.190. The smallest absolute Gasteiger partial charge is 0.329 e. The molecule has 1 aromatic heterocycles. The molecule has 0 bridgehead atoms. The minimum Gasteiger partial charge on any atom is -0.505 e. The van der Waals surface area contributed by atoms with Crippen LogP contribution in [-0.2, 0) is 25.5 Å². The van der Waals surface area contributed by atoms with Gasteiger partial charge in [0.2, 0.25) is 11.8 Å². The highest BCUT2D eigenvalue weighted by Gasteiger charge is 2.40. The Morgan fingerprint density at radius 2 is 1.77 bits per heavy atom. The molecular weight excluding hydrogens is 504 g/mol. The molecule has 7 atom stereocenters. The second-order valence-electron chi connectivity index (χ2n) is 9.92. The molecule has 1 aromatic carbocycles. The van der Waals surface area contributed by atoms with Gasteiger partial charge in [0.05, 0.1) is 18.1 Å². The Bertz CT molecular complexity index is 1180. The van der Waals surface area contributed by atoms with Gasteiger partial charge in [0, 0.05) is 6.20 Å². The van der Waals surface area contributed by atoms with Gasteiger partial charge in [-0.05, 0) is 37.0 Å². The van der Waals surface area contributed by atoms with Crippen molar-refractivity contribution >= 4 is 23.7 Å². The number of nitrogens with one attached hydrogen (secondary N) is 3. The van der Waals surface area contributed by atoms with Gasteiger partial charge in [-0.3, -0.25) is 14.4 Å². The van der Waals surface area contributed by atoms with Crippen LogP contribution in [0.2, 0.25) is 0 Å². The molecule has 11 nitrogen and oxygen atoms in total. The summed E-state index contributed by atoms with van der Waals surface area (Å²) in [5, 5.41) is 29.3. The summed E-state index contributed by atoms with van der Waals surface area (Å²) in [5.74, 6) is -4.63. The molecule has 0 saturated carbocycles. The van der Waals surface area contributed by atoms with Gasteiger partial charge in [-0.1, -0.05) is 57.5 Å². The van der Waals surface area contributed by atoms with E-state index in [1.165, 1.54) is 32.2 Å². The number of ether oxygens (including phenoxy) is 1. The second-order valence-corrected chi connectivity index (χ2v) is 9.92. The number of hydrogen-bond acceptors (Lipinski definition) is 8. The standard InChI is InChI=1S/C28H36N4O7/c1-5-15(2)21-28(38)39-17(4)22(32-27(37)23-20(33)12-9-13-29-23)26(36)30-19(14-18-10-7-6-8-11-18)24(34)16(3)25(35)31-21/h6-13,15-17,19,21-22,24,33-34H,5,14H2,1-4H3,(H,30,36)(H,31,35)(H,32,37)/t15?,16-,17-,19+,21?,22+,24+/m1/s1. The molecule has 39 heavy (non-hydrogen) atoms. The largest absolute Gasteiger partial charge is 0.505 e. The highest BCUT2D eigenvalue weighted by molar-refractivity contribution is 5.98. The number of aromatic hydroxyl groups is 1. The predicted molar refractivity (Wildman–Crippen MR) is 141 cm³/mol. The summed E-state index contributed by atoms with van der Waals surface area (Å²) in [4.78, 5) is 56.7. The van der Waals surface area contributed by atoms with Crippen molar-refractivity contribution in [2.45, 2.75) is 70.9 Å². The van der Waals surface area contributed by atoms with Gasteiger partial charge in [-0.2, -0.15) is 0 Å². The SMILES string of the molecule is CCC(C)C1NC(=O)[C@H](C)[C@H](O)[C@H](Cc2ccccc2)NC(=O)[C@@H](NC(=O)c2ncccc2O)[C@@H](C)OC1=O. The van der Waals surface area contributed by atoms with Crippen LogP contribution in [0.25, 0.3) is 0 Å². The topological polar surface area (TPSA) is 167 Å². The van der Waals surface area contributed by atoms with E-state index in [2.05, 4.69) is 20.9 Å². The van der Waals surface area contributed by atoms with Crippen molar-refractivity contribution in [3.8, 4) is 5.75 Å². The van der Waals surface area contributed by atoms with Gasteiger partial charge >= 0.3 is 5.97 Å². The third kappa shape index (κ3) is 7.32. The van der Waals surface area contributed by atoms with Crippen molar-refractivity contribution in [1.29, 1.82) is 0 Å². The molecule has 1 saturated heterocycles. The fourth-order valence-electron chi connectivity index (χ4n) is 4.36. The van der Waals surface area contributed by atoms with Crippen molar-refractivity contribution in [2.75, 3.05) is 0 Å². The Labute approximate surface area is 227 Å². The Morgan fingerprint density at radius 3 is 2.41 bits per heavy atom. The Hall–Kier alpha value is -3.99. The molecule has 2 unspecified atom stereocenters. The van der Waals surface area contributed by atoms with E-state index in [0.717, 1.165) is 5.56 Å². The number of carbonyl (C=O) groups excluding carboxylic acids is 4. The molecule has 3 rings (SSSR count). The Balaban J connectivity index is 2.00. The lowest BCUT2D eigenvalue weighted by atomic mass is 9.90. The van der Waals surface area contributed by atoms with Crippen LogP contribution < -0.4 is 16.0 Å². The molecule has 2 aromatic rings. The number of aliphatic hydroxyl groups excluding tert-OH is 1. The summed E-state index contributed by atoms with van der Waals surface area (Å²) < 4.78 is 5.60. The van der Waals surface area contributed by atoms with Crippen LogP contribution in [0, 0.1) is 11.8 Å². The summed E-state index contributed by atoms with van der Waals surface area (Å²) in [6.45, 7) is 6.58. The van der Waals surface area contributed by atoms with E-state index in [9.17, 15) is 29.4 Å². The number of pyridine rings is 1. The summed E-state index contributed by atoms with van der Waals surface area (Å²) >= 11 is 0. The number of aromatic nitrogens is 1. The molecule has 2 heterocycles. The summed E-state index contributed by atoms with van der Waals surface area (Å²) in [7, 11) is 0. The van der Waals surface area contributed by atoms with Gasteiger partial charge < -0.3 is 30.9 Å². The Kier molecular flexibility index (Phi) is 10.00. The van der Waals surface area contributed by atoms with Crippen LogP contribution in [0.4, 0.5) is 0 Å². The monoisotopic (exact) mass is 540 g/mol. The van der Waals surface area contributed by atoms with Crippen LogP contribution in [0.3, 0.4) is 0 Å². The van der Waals surface area contributed by atoms with Gasteiger partial charge in [0.15, 0.2) is 5.69 Å². The van der Waals surface area contributed by atoms with Crippen LogP contribution in [0.5, 0.6) is 5.75 Å². The van der Waals surface area contributed by atoms with Crippen LogP contribution >= 0.6 is 0 Å². The van der Waals surface area contributed by atoms with Crippen molar-refractivity contribution < 1.29 is 34.1 Å². The third-order valence-electron chi connectivity index (χ3n) is 7.07. The van der Waals surface area contributed by atoms with E-state index in [-0.39, 0.29) is 23.8 Å². The number of esters is 1. The first kappa shape index (κ1) is 29.6. The van der Waals surface area contributed by atoms with E-state index in [1.54, 1.807) is 6.92 Å². The lowest BCUT2D eigenvalue weighted by Crippen LogP contribution is -2.61. The maximum atomic E-state index is 13.6. The first-order valence-electron chi connectivity index (χ1n) is 13.0. The van der Waals surface area contributed by atoms with E-state index in [4.69, 9.17) is 4.74 Å². The zero-order chi connectivity index (χ0) is 28.7. The quantitative estimate of drug-likeness (QED) is 0.340. The minimum atomic E-state index is -1.41. The number of nitrogens with zero attached hydrogens (tertiary/aromatic N) is 1. The maximum Gasteiger partial charge on any atom is 0.329 e. The molecule has 5 N–H and O–H groups in total. The summed E-state index contributed by atoms with van der Waals surface area (Å²) in [6, 6.07) is 8.47. The average molecular weight is 541 g/mol. The molecule has 3 amide bonds. The van der Waals surface area contributed by atoms with E-state index in [0.29, 0.717) is 6.42 Å². The summed E-state index contributed by atoms with van der Waals surface area (Å²) in [5.41, 5.74) is 0.492. The highest BCUT2D eigenvalue weighted by atomic mass is 16.5. The third-order valence-corrected chi connectivity index (χ3v) is 7.07. The zero-order valence-corrected chi connectivity index (χ0v) is 22.5. The lowest BCUT2D eigenvalue weighted by molar-refractivity contribution is -0.157. The van der Waals surface area contributed by atoms with Crippen molar-refractivity contribution in [1.82, 2.24) is 20.9 Å². The molecular formula is C28H36N4O7. The van der Waals surface area contributed by atoms with Gasteiger partial charge in [0.25, 0.3) is 5.91 Å². The molecule has 11 heteroatoms. The van der Waals surface area contributed by atoms with Gasteiger partial charge in [-0.15, -0.1) is 0 Å². The molecule has 210 valence electrons.